The van der Waals surface area contributed by atoms with E-state index in [0.29, 0.717) is 5.02 Å². The fourth-order valence-corrected chi connectivity index (χ4v) is 2.28. The Hall–Kier alpha value is 0.710. The van der Waals surface area contributed by atoms with Gasteiger partial charge in [0, 0.05) is 5.02 Å². The van der Waals surface area contributed by atoms with Crippen LogP contribution in [0.4, 0.5) is 0 Å². The Balaban J connectivity index is 0.00000169. The van der Waals surface area contributed by atoms with Crippen LogP contribution in [0, 0.1) is 0 Å². The number of rotatable bonds is 2. The molecule has 0 atom stereocenters. The standard InChI is InChI=1S/C7H7Cl2NO2S.Na.H/c1-10-13(11,12)7-4-5(8)2-3-6(7)9;;/h2-4,10H,1H3;;. The molecule has 0 amide bonds. The molecule has 1 rings (SSSR count). The van der Waals surface area contributed by atoms with E-state index in [1.165, 1.54) is 25.2 Å². The molecule has 0 saturated carbocycles. The van der Waals surface area contributed by atoms with Crippen molar-refractivity contribution in [2.75, 3.05) is 7.05 Å². The van der Waals surface area contributed by atoms with E-state index in [9.17, 15) is 8.42 Å². The van der Waals surface area contributed by atoms with Crippen LogP contribution in [0.2, 0.25) is 10.0 Å². The molecule has 0 saturated heterocycles. The first kappa shape index (κ1) is 14.7. The van der Waals surface area contributed by atoms with Crippen molar-refractivity contribution < 1.29 is 8.42 Å². The Morgan fingerprint density at radius 1 is 1.29 bits per heavy atom. The van der Waals surface area contributed by atoms with Gasteiger partial charge in [-0.15, -0.1) is 0 Å². The molecule has 0 radical (unpaired) electrons. The maximum absolute atomic E-state index is 11.3. The molecule has 0 heterocycles. The molecule has 0 bridgehead atoms. The summed E-state index contributed by atoms with van der Waals surface area (Å²) in [5, 5.41) is 0.483. The Kier molecular flexibility index (Phi) is 5.99. The number of sulfonamides is 1. The third-order valence-electron chi connectivity index (χ3n) is 1.45. The van der Waals surface area contributed by atoms with Crippen molar-refractivity contribution in [2.45, 2.75) is 4.90 Å². The van der Waals surface area contributed by atoms with Crippen LogP contribution in [-0.2, 0) is 10.0 Å². The van der Waals surface area contributed by atoms with Gasteiger partial charge in [-0.1, -0.05) is 23.2 Å². The minimum atomic E-state index is -3.52. The zero-order valence-corrected chi connectivity index (χ0v) is 9.04. The predicted octanol–water partition coefficient (Wildman–Crippen LogP) is 1.25. The van der Waals surface area contributed by atoms with Crippen LogP contribution in [0.3, 0.4) is 0 Å². The van der Waals surface area contributed by atoms with E-state index in [-0.39, 0.29) is 39.5 Å². The van der Waals surface area contributed by atoms with E-state index in [1.807, 2.05) is 0 Å². The first-order valence-corrected chi connectivity index (χ1v) is 5.60. The van der Waals surface area contributed by atoms with Crippen molar-refractivity contribution in [3.63, 3.8) is 0 Å². The molecule has 14 heavy (non-hydrogen) atoms. The van der Waals surface area contributed by atoms with Gasteiger partial charge in [0.2, 0.25) is 10.0 Å². The average molecular weight is 264 g/mol. The van der Waals surface area contributed by atoms with Crippen molar-refractivity contribution in [3.8, 4) is 0 Å². The molecule has 0 fully saturated rings. The van der Waals surface area contributed by atoms with Gasteiger partial charge in [0.05, 0.1) is 5.02 Å². The molecule has 1 N–H and O–H groups in total. The summed E-state index contributed by atoms with van der Waals surface area (Å²) in [6.07, 6.45) is 0. The number of benzene rings is 1. The molecular formula is C7H8Cl2NNaO2S. The van der Waals surface area contributed by atoms with Crippen molar-refractivity contribution >= 4 is 62.8 Å². The molecule has 0 aromatic heterocycles. The Labute approximate surface area is 115 Å². The SMILES string of the molecule is CNS(=O)(=O)c1cc(Cl)ccc1Cl.[NaH]. The van der Waals surface area contributed by atoms with E-state index in [1.54, 1.807) is 0 Å². The number of nitrogens with one attached hydrogen (secondary N) is 1. The molecule has 0 aliphatic carbocycles. The second kappa shape index (κ2) is 5.70. The number of hydrogen-bond donors (Lipinski definition) is 1. The Morgan fingerprint density at radius 3 is 2.36 bits per heavy atom. The zero-order chi connectivity index (χ0) is 10.1. The van der Waals surface area contributed by atoms with Crippen LogP contribution in [-0.4, -0.2) is 45.0 Å². The summed E-state index contributed by atoms with van der Waals surface area (Å²) in [7, 11) is -2.21. The Bertz CT molecular complexity index is 422. The molecule has 0 aliphatic rings. The van der Waals surface area contributed by atoms with Crippen molar-refractivity contribution in [2.24, 2.45) is 0 Å². The second-order valence-electron chi connectivity index (χ2n) is 2.28. The van der Waals surface area contributed by atoms with Crippen LogP contribution in [0.1, 0.15) is 0 Å². The topological polar surface area (TPSA) is 46.2 Å². The van der Waals surface area contributed by atoms with Gasteiger partial charge in [0.25, 0.3) is 0 Å². The van der Waals surface area contributed by atoms with Crippen molar-refractivity contribution in [1.29, 1.82) is 0 Å². The first-order chi connectivity index (χ1) is 5.97. The van der Waals surface area contributed by atoms with Gasteiger partial charge in [-0.05, 0) is 25.2 Å². The van der Waals surface area contributed by atoms with Crippen molar-refractivity contribution in [1.82, 2.24) is 4.72 Å². The summed E-state index contributed by atoms with van der Waals surface area (Å²) in [5.74, 6) is 0. The normalized spacial score (nSPS) is 10.8. The van der Waals surface area contributed by atoms with E-state index < -0.39 is 10.0 Å². The number of halogens is 2. The van der Waals surface area contributed by atoms with Crippen LogP contribution >= 0.6 is 23.2 Å². The average Bonchev–Trinajstić information content (AvgIpc) is 2.09. The van der Waals surface area contributed by atoms with E-state index in [2.05, 4.69) is 4.72 Å². The fourth-order valence-electron chi connectivity index (χ4n) is 0.793. The first-order valence-electron chi connectivity index (χ1n) is 3.36. The van der Waals surface area contributed by atoms with Crippen LogP contribution in [0.25, 0.3) is 0 Å². The van der Waals surface area contributed by atoms with Crippen LogP contribution in [0.15, 0.2) is 23.1 Å². The van der Waals surface area contributed by atoms with Gasteiger partial charge in [0.15, 0.2) is 0 Å². The van der Waals surface area contributed by atoms with E-state index in [0.717, 1.165) is 0 Å². The summed E-state index contributed by atoms with van der Waals surface area (Å²) in [6, 6.07) is 4.27. The van der Waals surface area contributed by atoms with Gasteiger partial charge in [-0.2, -0.15) is 0 Å². The second-order valence-corrected chi connectivity index (χ2v) is 4.98. The molecule has 3 nitrogen and oxygen atoms in total. The molecule has 7 heteroatoms. The van der Waals surface area contributed by atoms with Crippen LogP contribution < -0.4 is 4.72 Å². The van der Waals surface area contributed by atoms with Gasteiger partial charge < -0.3 is 0 Å². The van der Waals surface area contributed by atoms with E-state index in [4.69, 9.17) is 23.2 Å². The third kappa shape index (κ3) is 3.38. The molecule has 0 spiro atoms. The third-order valence-corrected chi connectivity index (χ3v) is 3.58. The minimum absolute atomic E-state index is 0. The van der Waals surface area contributed by atoms with E-state index >= 15 is 0 Å². The quantitative estimate of drug-likeness (QED) is 0.817. The van der Waals surface area contributed by atoms with Crippen LogP contribution in [0.5, 0.6) is 0 Å². The van der Waals surface area contributed by atoms with Gasteiger partial charge >= 0.3 is 29.6 Å². The van der Waals surface area contributed by atoms with Gasteiger partial charge in [0.1, 0.15) is 4.90 Å². The molecular weight excluding hydrogens is 256 g/mol. The predicted molar refractivity (Wildman–Crippen MR) is 59.9 cm³/mol. The molecule has 74 valence electrons. The number of hydrogen-bond acceptors (Lipinski definition) is 2. The molecule has 0 aliphatic heterocycles. The monoisotopic (exact) mass is 263 g/mol. The summed E-state index contributed by atoms with van der Waals surface area (Å²) in [6.45, 7) is 0. The summed E-state index contributed by atoms with van der Waals surface area (Å²) < 4.78 is 24.8. The maximum atomic E-state index is 11.3. The summed E-state index contributed by atoms with van der Waals surface area (Å²) in [4.78, 5) is -0.0100. The molecule has 1 aromatic rings. The van der Waals surface area contributed by atoms with Crippen molar-refractivity contribution in [3.05, 3.63) is 28.2 Å². The summed E-state index contributed by atoms with van der Waals surface area (Å²) in [5.41, 5.74) is 0. The van der Waals surface area contributed by atoms with Gasteiger partial charge in [-0.3, -0.25) is 0 Å². The Morgan fingerprint density at radius 2 is 1.86 bits per heavy atom. The zero-order valence-electron chi connectivity index (χ0n) is 6.71. The molecule has 0 unspecified atom stereocenters. The summed E-state index contributed by atoms with van der Waals surface area (Å²) >= 11 is 11.3. The van der Waals surface area contributed by atoms with Gasteiger partial charge in [-0.25, -0.2) is 13.1 Å². The fraction of sp³-hybridized carbons (Fsp3) is 0.143. The molecule has 1 aromatic carbocycles.